The molecule has 0 bridgehead atoms. The number of amides is 1. The number of likely N-dealkylation sites (tertiary alicyclic amines) is 1. The lowest BCUT2D eigenvalue weighted by molar-refractivity contribution is -0.127. The molecule has 1 heterocycles. The predicted molar refractivity (Wildman–Crippen MR) is 77.5 cm³/mol. The van der Waals surface area contributed by atoms with Crippen molar-refractivity contribution in [3.8, 4) is 0 Å². The number of ether oxygens (including phenoxy) is 1. The standard InChI is InChI=1S/C16H27NO3/c1-12(2)11-20-16(19)17-10-6-5-8-14(17)13-7-3-4-9-15(13)18/h12-14H,3-11H2,1-2H3. The van der Waals surface area contributed by atoms with Gasteiger partial charge in [0.05, 0.1) is 6.61 Å². The maximum atomic E-state index is 12.3. The minimum Gasteiger partial charge on any atom is -0.449 e. The van der Waals surface area contributed by atoms with Crippen molar-refractivity contribution >= 4 is 11.9 Å². The highest BCUT2D eigenvalue weighted by atomic mass is 16.6. The molecule has 0 aromatic rings. The summed E-state index contributed by atoms with van der Waals surface area (Å²) in [5, 5.41) is 0. The van der Waals surface area contributed by atoms with Gasteiger partial charge in [-0.3, -0.25) is 4.79 Å². The van der Waals surface area contributed by atoms with Crippen LogP contribution in [0.3, 0.4) is 0 Å². The Morgan fingerprint density at radius 3 is 2.70 bits per heavy atom. The van der Waals surface area contributed by atoms with Crippen LogP contribution >= 0.6 is 0 Å². The van der Waals surface area contributed by atoms with E-state index in [4.69, 9.17) is 4.74 Å². The molecule has 4 heteroatoms. The van der Waals surface area contributed by atoms with Gasteiger partial charge in [0, 0.05) is 24.9 Å². The van der Waals surface area contributed by atoms with E-state index in [1.165, 1.54) is 0 Å². The highest BCUT2D eigenvalue weighted by Gasteiger charge is 2.38. The van der Waals surface area contributed by atoms with E-state index in [0.717, 1.165) is 45.1 Å². The van der Waals surface area contributed by atoms with Crippen LogP contribution in [0.1, 0.15) is 58.8 Å². The average Bonchev–Trinajstić information content (AvgIpc) is 2.45. The summed E-state index contributed by atoms with van der Waals surface area (Å²) >= 11 is 0. The second-order valence-corrected chi connectivity index (χ2v) is 6.55. The second-order valence-electron chi connectivity index (χ2n) is 6.55. The molecule has 2 unspecified atom stereocenters. The van der Waals surface area contributed by atoms with E-state index in [1.54, 1.807) is 0 Å². The van der Waals surface area contributed by atoms with Crippen LogP contribution in [0.4, 0.5) is 4.79 Å². The Balaban J connectivity index is 2.00. The summed E-state index contributed by atoms with van der Waals surface area (Å²) in [6.45, 7) is 5.27. The second kappa shape index (κ2) is 7.09. The highest BCUT2D eigenvalue weighted by Crippen LogP contribution is 2.32. The third-order valence-electron chi connectivity index (χ3n) is 4.39. The topological polar surface area (TPSA) is 46.6 Å². The molecule has 20 heavy (non-hydrogen) atoms. The van der Waals surface area contributed by atoms with Gasteiger partial charge in [0.2, 0.25) is 0 Å². The van der Waals surface area contributed by atoms with Gasteiger partial charge in [0.25, 0.3) is 0 Å². The zero-order valence-corrected chi connectivity index (χ0v) is 12.8. The average molecular weight is 281 g/mol. The number of ketones is 1. The molecule has 2 fully saturated rings. The van der Waals surface area contributed by atoms with E-state index in [2.05, 4.69) is 0 Å². The molecule has 0 spiro atoms. The van der Waals surface area contributed by atoms with Crippen LogP contribution in [0.5, 0.6) is 0 Å². The molecule has 1 saturated carbocycles. The van der Waals surface area contributed by atoms with Gasteiger partial charge in [-0.15, -0.1) is 0 Å². The molecule has 1 saturated heterocycles. The number of hydrogen-bond acceptors (Lipinski definition) is 3. The van der Waals surface area contributed by atoms with Crippen molar-refractivity contribution in [1.29, 1.82) is 0 Å². The highest BCUT2D eigenvalue weighted by molar-refractivity contribution is 5.83. The Hall–Kier alpha value is -1.06. The Labute approximate surface area is 121 Å². The summed E-state index contributed by atoms with van der Waals surface area (Å²) in [4.78, 5) is 26.2. The van der Waals surface area contributed by atoms with Gasteiger partial charge < -0.3 is 9.64 Å². The fourth-order valence-corrected chi connectivity index (χ4v) is 3.34. The molecule has 0 radical (unpaired) electrons. The lowest BCUT2D eigenvalue weighted by atomic mass is 9.79. The van der Waals surface area contributed by atoms with Crippen LogP contribution in [-0.4, -0.2) is 36.0 Å². The van der Waals surface area contributed by atoms with Crippen molar-refractivity contribution < 1.29 is 14.3 Å². The van der Waals surface area contributed by atoms with Crippen molar-refractivity contribution in [1.82, 2.24) is 4.90 Å². The Kier molecular flexibility index (Phi) is 5.44. The molecule has 0 aromatic carbocycles. The van der Waals surface area contributed by atoms with Crippen molar-refractivity contribution in [2.45, 2.75) is 64.8 Å². The Morgan fingerprint density at radius 1 is 1.25 bits per heavy atom. The Morgan fingerprint density at radius 2 is 2.00 bits per heavy atom. The van der Waals surface area contributed by atoms with Gasteiger partial charge in [-0.05, 0) is 38.0 Å². The van der Waals surface area contributed by atoms with Crippen molar-refractivity contribution in [3.63, 3.8) is 0 Å². The number of Topliss-reactive ketones (excluding diaryl/α,β-unsaturated/α-hetero) is 1. The summed E-state index contributed by atoms with van der Waals surface area (Å²) in [6, 6.07) is 0.0798. The molecule has 2 aliphatic rings. The fraction of sp³-hybridized carbons (Fsp3) is 0.875. The zero-order valence-electron chi connectivity index (χ0n) is 12.8. The molecule has 114 valence electrons. The molecule has 4 nitrogen and oxygen atoms in total. The molecule has 0 aromatic heterocycles. The van der Waals surface area contributed by atoms with Crippen LogP contribution in [0, 0.1) is 11.8 Å². The van der Waals surface area contributed by atoms with Gasteiger partial charge in [-0.25, -0.2) is 4.79 Å². The van der Waals surface area contributed by atoms with Crippen molar-refractivity contribution in [2.24, 2.45) is 11.8 Å². The third-order valence-corrected chi connectivity index (χ3v) is 4.39. The van der Waals surface area contributed by atoms with Gasteiger partial charge in [0.15, 0.2) is 0 Å². The van der Waals surface area contributed by atoms with Gasteiger partial charge in [-0.1, -0.05) is 20.3 Å². The first-order chi connectivity index (χ1) is 9.59. The summed E-state index contributed by atoms with van der Waals surface area (Å²) < 4.78 is 5.37. The monoisotopic (exact) mass is 281 g/mol. The fourth-order valence-electron chi connectivity index (χ4n) is 3.34. The van der Waals surface area contributed by atoms with E-state index in [0.29, 0.717) is 24.7 Å². The number of piperidine rings is 1. The normalized spacial score (nSPS) is 27.8. The third kappa shape index (κ3) is 3.74. The number of carbonyl (C=O) groups is 2. The molecular weight excluding hydrogens is 254 g/mol. The number of rotatable bonds is 3. The van der Waals surface area contributed by atoms with Gasteiger partial charge >= 0.3 is 6.09 Å². The predicted octanol–water partition coefficient (Wildman–Crippen LogP) is 3.39. The SMILES string of the molecule is CC(C)COC(=O)N1CCCCC1C1CCCCC1=O. The van der Waals surface area contributed by atoms with Crippen LogP contribution in [0.2, 0.25) is 0 Å². The summed E-state index contributed by atoms with van der Waals surface area (Å²) in [6.07, 6.45) is 6.63. The number of hydrogen-bond donors (Lipinski definition) is 0. The number of carbonyl (C=O) groups excluding carboxylic acids is 2. The van der Waals surface area contributed by atoms with E-state index >= 15 is 0 Å². The van der Waals surface area contributed by atoms with Crippen LogP contribution in [-0.2, 0) is 9.53 Å². The largest absolute Gasteiger partial charge is 0.449 e. The van der Waals surface area contributed by atoms with Gasteiger partial charge in [0.1, 0.15) is 5.78 Å². The molecule has 2 atom stereocenters. The molecule has 1 amide bonds. The molecule has 0 N–H and O–H groups in total. The lowest BCUT2D eigenvalue weighted by Crippen LogP contribution is -2.50. The summed E-state index contributed by atoms with van der Waals surface area (Å²) in [5.41, 5.74) is 0. The quantitative estimate of drug-likeness (QED) is 0.796. The van der Waals surface area contributed by atoms with Crippen molar-refractivity contribution in [3.05, 3.63) is 0 Å². The lowest BCUT2D eigenvalue weighted by Gasteiger charge is -2.40. The van der Waals surface area contributed by atoms with E-state index in [1.807, 2.05) is 18.7 Å². The summed E-state index contributed by atoms with van der Waals surface area (Å²) in [5.74, 6) is 0.749. The molecular formula is C16H27NO3. The van der Waals surface area contributed by atoms with E-state index in [9.17, 15) is 9.59 Å². The van der Waals surface area contributed by atoms with Crippen LogP contribution in [0.15, 0.2) is 0 Å². The first kappa shape index (κ1) is 15.3. The van der Waals surface area contributed by atoms with Crippen LogP contribution in [0.25, 0.3) is 0 Å². The number of nitrogens with zero attached hydrogens (tertiary/aromatic N) is 1. The Bertz CT molecular complexity index is 354. The maximum Gasteiger partial charge on any atom is 0.410 e. The van der Waals surface area contributed by atoms with Gasteiger partial charge in [-0.2, -0.15) is 0 Å². The summed E-state index contributed by atoms with van der Waals surface area (Å²) in [7, 11) is 0. The van der Waals surface area contributed by atoms with E-state index in [-0.39, 0.29) is 18.1 Å². The molecule has 2 rings (SSSR count). The first-order valence-electron chi connectivity index (χ1n) is 8.05. The van der Waals surface area contributed by atoms with Crippen molar-refractivity contribution in [2.75, 3.05) is 13.2 Å². The maximum absolute atomic E-state index is 12.3. The molecule has 1 aliphatic heterocycles. The van der Waals surface area contributed by atoms with E-state index < -0.39 is 0 Å². The smallest absolute Gasteiger partial charge is 0.410 e. The first-order valence-corrected chi connectivity index (χ1v) is 8.05. The minimum atomic E-state index is -0.221. The minimum absolute atomic E-state index is 0.0515. The molecule has 1 aliphatic carbocycles. The van der Waals surface area contributed by atoms with Crippen LogP contribution < -0.4 is 0 Å². The zero-order chi connectivity index (χ0) is 14.5.